The Morgan fingerprint density at radius 3 is 2.53 bits per heavy atom. The number of phenols is 2. The van der Waals surface area contributed by atoms with E-state index in [4.69, 9.17) is 23.2 Å². The minimum Gasteiger partial charge on any atom is -0.504 e. The maximum absolute atomic E-state index is 12.2. The van der Waals surface area contributed by atoms with Gasteiger partial charge in [-0.2, -0.15) is 0 Å². The normalized spacial score (nSPS) is 11.1. The van der Waals surface area contributed by atoms with E-state index in [0.717, 1.165) is 15.2 Å². The number of aromatic hydroxyl groups is 2. The van der Waals surface area contributed by atoms with Gasteiger partial charge in [0.05, 0.1) is 10.9 Å². The zero-order valence-electron chi connectivity index (χ0n) is 9.85. The third-order valence-electron chi connectivity index (χ3n) is 2.85. The van der Waals surface area contributed by atoms with Crippen LogP contribution in [0.15, 0.2) is 15.7 Å². The Labute approximate surface area is 117 Å². The van der Waals surface area contributed by atoms with Crippen molar-refractivity contribution in [3.8, 4) is 11.5 Å². The molecule has 0 spiro atoms. The fourth-order valence-electron chi connectivity index (χ4n) is 1.87. The number of halogens is 2. The van der Waals surface area contributed by atoms with Gasteiger partial charge in [-0.25, -0.2) is 4.79 Å². The van der Waals surface area contributed by atoms with Crippen LogP contribution in [0.1, 0.15) is 0 Å². The van der Waals surface area contributed by atoms with Crippen LogP contribution in [0.4, 0.5) is 0 Å². The molecule has 0 unspecified atom stereocenters. The highest BCUT2D eigenvalue weighted by Gasteiger charge is 2.18. The van der Waals surface area contributed by atoms with Crippen LogP contribution in [0.25, 0.3) is 10.9 Å². The first kappa shape index (κ1) is 13.8. The van der Waals surface area contributed by atoms with E-state index in [1.165, 1.54) is 7.05 Å². The number of aromatic nitrogens is 2. The highest BCUT2D eigenvalue weighted by atomic mass is 35.5. The predicted octanol–water partition coefficient (Wildman–Crippen LogP) is 1.00. The lowest BCUT2D eigenvalue weighted by molar-refractivity contribution is 0.404. The number of hydrogen-bond acceptors (Lipinski definition) is 4. The number of phenolic OH excluding ortho intramolecular Hbond substituents is 2. The van der Waals surface area contributed by atoms with Crippen LogP contribution in [-0.4, -0.2) is 25.2 Å². The Morgan fingerprint density at radius 1 is 1.32 bits per heavy atom. The second-order valence-electron chi connectivity index (χ2n) is 3.94. The summed E-state index contributed by atoms with van der Waals surface area (Å²) in [7, 11) is 1.43. The molecule has 0 amide bonds. The van der Waals surface area contributed by atoms with Gasteiger partial charge in [0.1, 0.15) is 5.02 Å². The monoisotopic (exact) mass is 304 g/mol. The van der Waals surface area contributed by atoms with Gasteiger partial charge in [-0.15, -0.1) is 11.6 Å². The van der Waals surface area contributed by atoms with E-state index in [1.807, 2.05) is 0 Å². The third kappa shape index (κ3) is 1.97. The average Bonchev–Trinajstić information content (AvgIpc) is 2.38. The number of hydrogen-bond donors (Lipinski definition) is 2. The molecule has 102 valence electrons. The van der Waals surface area contributed by atoms with Crippen LogP contribution < -0.4 is 11.2 Å². The molecule has 19 heavy (non-hydrogen) atoms. The Hall–Kier alpha value is -1.66. The van der Waals surface area contributed by atoms with Crippen LogP contribution in [0.2, 0.25) is 5.02 Å². The van der Waals surface area contributed by atoms with Crippen LogP contribution in [-0.2, 0) is 13.6 Å². The van der Waals surface area contributed by atoms with Crippen molar-refractivity contribution in [2.24, 2.45) is 7.05 Å². The van der Waals surface area contributed by atoms with Gasteiger partial charge in [-0.1, -0.05) is 11.6 Å². The number of alkyl halides is 1. The molecule has 1 aromatic heterocycles. The summed E-state index contributed by atoms with van der Waals surface area (Å²) in [6.45, 7) is 0.0287. The highest BCUT2D eigenvalue weighted by Crippen LogP contribution is 2.37. The lowest BCUT2D eigenvalue weighted by atomic mass is 10.2. The molecule has 0 aliphatic heterocycles. The molecule has 2 rings (SSSR count). The minimum absolute atomic E-state index is 0.0287. The van der Waals surface area contributed by atoms with Crippen molar-refractivity contribution in [2.45, 2.75) is 6.54 Å². The van der Waals surface area contributed by atoms with Crippen molar-refractivity contribution < 1.29 is 10.2 Å². The smallest absolute Gasteiger partial charge is 0.331 e. The van der Waals surface area contributed by atoms with Crippen molar-refractivity contribution in [1.82, 2.24) is 9.13 Å². The van der Waals surface area contributed by atoms with E-state index >= 15 is 0 Å². The maximum Gasteiger partial charge on any atom is 0.331 e. The first-order valence-electron chi connectivity index (χ1n) is 5.30. The SMILES string of the molecule is Cn1c(=O)n(CCCl)c(=O)c2c(Cl)c(O)c(O)cc21. The summed E-state index contributed by atoms with van der Waals surface area (Å²) in [4.78, 5) is 24.2. The number of aryl methyl sites for hydroxylation is 1. The molecule has 0 saturated heterocycles. The van der Waals surface area contributed by atoms with E-state index in [-0.39, 0.29) is 28.4 Å². The molecular formula is C11H10Cl2N2O4. The standard InChI is InChI=1S/C11H10Cl2N2O4/c1-14-5-4-6(16)9(17)8(13)7(5)10(18)15(3-2-12)11(14)19/h4,16-17H,2-3H2,1H3. The van der Waals surface area contributed by atoms with Crippen molar-refractivity contribution in [1.29, 1.82) is 0 Å². The van der Waals surface area contributed by atoms with Gasteiger partial charge in [-0.05, 0) is 0 Å². The fraction of sp³-hybridized carbons (Fsp3) is 0.273. The van der Waals surface area contributed by atoms with Gasteiger partial charge < -0.3 is 10.2 Å². The number of fused-ring (bicyclic) bond motifs is 1. The number of nitrogens with zero attached hydrogens (tertiary/aromatic N) is 2. The molecule has 1 aromatic carbocycles. The molecule has 0 bridgehead atoms. The molecule has 0 saturated carbocycles. The van der Waals surface area contributed by atoms with Gasteiger partial charge >= 0.3 is 5.69 Å². The van der Waals surface area contributed by atoms with Crippen LogP contribution >= 0.6 is 23.2 Å². The Morgan fingerprint density at radius 2 is 1.95 bits per heavy atom. The summed E-state index contributed by atoms with van der Waals surface area (Å²) < 4.78 is 2.09. The summed E-state index contributed by atoms with van der Waals surface area (Å²) in [6, 6.07) is 1.12. The molecule has 0 fully saturated rings. The van der Waals surface area contributed by atoms with Crippen molar-refractivity contribution in [3.63, 3.8) is 0 Å². The molecular weight excluding hydrogens is 295 g/mol. The minimum atomic E-state index is -0.654. The van der Waals surface area contributed by atoms with Crippen molar-refractivity contribution in [3.05, 3.63) is 31.9 Å². The zero-order chi connectivity index (χ0) is 14.3. The number of benzene rings is 1. The maximum atomic E-state index is 12.2. The van der Waals surface area contributed by atoms with Gasteiger partial charge in [0, 0.05) is 25.5 Å². The quantitative estimate of drug-likeness (QED) is 0.640. The highest BCUT2D eigenvalue weighted by molar-refractivity contribution is 6.37. The number of rotatable bonds is 2. The lowest BCUT2D eigenvalue weighted by Gasteiger charge is -2.12. The van der Waals surface area contributed by atoms with Crippen LogP contribution in [0.5, 0.6) is 11.5 Å². The molecule has 1 heterocycles. The molecule has 2 aromatic rings. The average molecular weight is 305 g/mol. The molecule has 0 radical (unpaired) electrons. The molecule has 0 aliphatic carbocycles. The Bertz CT molecular complexity index is 779. The molecule has 0 aliphatic rings. The van der Waals surface area contributed by atoms with E-state index < -0.39 is 22.7 Å². The summed E-state index contributed by atoms with van der Waals surface area (Å²) in [5.74, 6) is -1.01. The first-order chi connectivity index (χ1) is 8.90. The van der Waals surface area contributed by atoms with Gasteiger partial charge in [-0.3, -0.25) is 13.9 Å². The molecule has 2 N–H and O–H groups in total. The van der Waals surface area contributed by atoms with E-state index in [9.17, 15) is 19.8 Å². The van der Waals surface area contributed by atoms with E-state index in [1.54, 1.807) is 0 Å². The third-order valence-corrected chi connectivity index (χ3v) is 3.38. The predicted molar refractivity (Wildman–Crippen MR) is 72.5 cm³/mol. The van der Waals surface area contributed by atoms with Crippen LogP contribution in [0.3, 0.4) is 0 Å². The second-order valence-corrected chi connectivity index (χ2v) is 4.70. The first-order valence-corrected chi connectivity index (χ1v) is 6.21. The van der Waals surface area contributed by atoms with Gasteiger partial charge in [0.15, 0.2) is 11.5 Å². The van der Waals surface area contributed by atoms with E-state index in [0.29, 0.717) is 0 Å². The second kappa shape index (κ2) is 4.79. The Balaban J connectivity index is 3.08. The summed E-state index contributed by atoms with van der Waals surface area (Å²) >= 11 is 11.4. The fourth-order valence-corrected chi connectivity index (χ4v) is 2.31. The molecule has 8 heteroatoms. The lowest BCUT2D eigenvalue weighted by Crippen LogP contribution is -2.39. The van der Waals surface area contributed by atoms with Crippen LogP contribution in [0, 0.1) is 0 Å². The Kier molecular flexibility index (Phi) is 3.47. The van der Waals surface area contributed by atoms with Crippen molar-refractivity contribution in [2.75, 3.05) is 5.88 Å². The summed E-state index contributed by atoms with van der Waals surface area (Å²) in [5.41, 5.74) is -1.08. The molecule has 6 nitrogen and oxygen atoms in total. The van der Waals surface area contributed by atoms with E-state index in [2.05, 4.69) is 0 Å². The summed E-state index contributed by atoms with van der Waals surface area (Å²) in [6.07, 6.45) is 0. The summed E-state index contributed by atoms with van der Waals surface area (Å²) in [5, 5.41) is 18.7. The van der Waals surface area contributed by atoms with Gasteiger partial charge in [0.2, 0.25) is 0 Å². The zero-order valence-corrected chi connectivity index (χ0v) is 11.4. The molecule has 0 atom stereocenters. The van der Waals surface area contributed by atoms with Crippen molar-refractivity contribution >= 4 is 34.1 Å². The van der Waals surface area contributed by atoms with Gasteiger partial charge in [0.25, 0.3) is 5.56 Å². The largest absolute Gasteiger partial charge is 0.504 e. The topological polar surface area (TPSA) is 84.5 Å².